The minimum absolute atomic E-state index is 1.37. The molecule has 5 heteroatoms. The highest BCUT2D eigenvalue weighted by Crippen LogP contribution is 2.26. The van der Waals surface area contributed by atoms with Gasteiger partial charge in [0.25, 0.3) is 0 Å². The van der Waals surface area contributed by atoms with Crippen molar-refractivity contribution in [3.8, 4) is 0 Å². The molecule has 0 aromatic heterocycles. The third-order valence-corrected chi connectivity index (χ3v) is 1.43. The first-order valence-corrected chi connectivity index (χ1v) is 6.27. The topological polar surface area (TPSA) is 60.7 Å². The Labute approximate surface area is 82.9 Å². The van der Waals surface area contributed by atoms with Gasteiger partial charge in [-0.15, -0.1) is 0 Å². The van der Waals surface area contributed by atoms with Gasteiger partial charge in [-0.2, -0.15) is 0 Å². The summed E-state index contributed by atoms with van der Waals surface area (Å²) in [6.45, 7) is 0.435. The Kier molecular flexibility index (Phi) is 5.37. The largest absolute Gasteiger partial charge is 0.325 e. The van der Waals surface area contributed by atoms with E-state index in [4.69, 9.17) is 14.7 Å². The van der Waals surface area contributed by atoms with Gasteiger partial charge >= 0.3 is 6.72 Å². The monoisotopic (exact) mass is 220 g/mol. The Hall–Kier alpha value is -0.250. The van der Waals surface area contributed by atoms with Gasteiger partial charge in [-0.25, -0.2) is 0 Å². The maximum absolute atomic E-state index is 7.56. The molecule has 0 aliphatic heterocycles. The molecule has 1 aromatic carbocycles. The molecule has 13 heavy (non-hydrogen) atoms. The molecular weight excluding hydrogens is 207 g/mol. The highest BCUT2D eigenvalue weighted by Gasteiger charge is 1.92. The number of hydrogen-bond acceptors (Lipinski definition) is 1. The summed E-state index contributed by atoms with van der Waals surface area (Å²) in [7, 11) is 0. The fourth-order valence-electron chi connectivity index (χ4n) is 0.663. The lowest BCUT2D eigenvalue weighted by Crippen LogP contribution is -1.74. The van der Waals surface area contributed by atoms with E-state index in [-0.39, 0.29) is 0 Å². The first-order valence-electron chi connectivity index (χ1n) is 3.61. The van der Waals surface area contributed by atoms with Crippen LogP contribution in [0, 0.1) is 13.8 Å². The second kappa shape index (κ2) is 5.47. The second-order valence-corrected chi connectivity index (χ2v) is 5.09. The van der Waals surface area contributed by atoms with Crippen LogP contribution in [0.3, 0.4) is 0 Å². The first-order chi connectivity index (χ1) is 5.80. The van der Waals surface area contributed by atoms with E-state index in [1.165, 1.54) is 11.1 Å². The van der Waals surface area contributed by atoms with E-state index in [1.807, 2.05) is 0 Å². The number of benzene rings is 1. The zero-order chi connectivity index (χ0) is 10.5. The average molecular weight is 220 g/mol. The van der Waals surface area contributed by atoms with E-state index < -0.39 is 6.72 Å². The lowest BCUT2D eigenvalue weighted by molar-refractivity contribution is 0.363. The van der Waals surface area contributed by atoms with Gasteiger partial charge in [-0.05, 0) is 36.8 Å². The second-order valence-electron chi connectivity index (χ2n) is 2.60. The smallest absolute Gasteiger partial charge is 0.319 e. The molecule has 3 nitrogen and oxygen atoms in total. The first kappa shape index (κ1) is 12.8. The van der Waals surface area contributed by atoms with Crippen molar-refractivity contribution in [3.05, 3.63) is 35.4 Å². The van der Waals surface area contributed by atoms with E-state index in [0.29, 0.717) is 0 Å². The predicted octanol–water partition coefficient (Wildman–Crippen LogP) is 1.49. The quantitative estimate of drug-likeness (QED) is 0.580. The third kappa shape index (κ3) is 9.67. The summed E-state index contributed by atoms with van der Waals surface area (Å²) >= 11 is 3.60. The lowest BCUT2D eigenvalue weighted by atomic mass is 10.1. The van der Waals surface area contributed by atoms with Crippen LogP contribution in [-0.2, 0) is 11.8 Å². The molecule has 0 aliphatic rings. The molecule has 1 rings (SSSR count). The summed E-state index contributed by atoms with van der Waals surface area (Å²) in [5.74, 6) is 0. The molecule has 0 amide bonds. The number of aryl methyl sites for hydroxylation is 2. The van der Waals surface area contributed by atoms with E-state index in [1.54, 1.807) is 0 Å². The molecule has 0 spiro atoms. The lowest BCUT2D eigenvalue weighted by Gasteiger charge is -1.93. The van der Waals surface area contributed by atoms with E-state index in [2.05, 4.69) is 49.9 Å². The van der Waals surface area contributed by atoms with Crippen molar-refractivity contribution < 1.29 is 14.7 Å². The van der Waals surface area contributed by atoms with Crippen LogP contribution in [0.25, 0.3) is 0 Å². The van der Waals surface area contributed by atoms with Crippen molar-refractivity contribution >= 4 is 18.5 Å². The predicted molar refractivity (Wildman–Crippen MR) is 56.9 cm³/mol. The van der Waals surface area contributed by atoms with Gasteiger partial charge < -0.3 is 14.7 Å². The van der Waals surface area contributed by atoms with Crippen LogP contribution in [0.4, 0.5) is 0 Å². The molecule has 0 bridgehead atoms. The van der Waals surface area contributed by atoms with Crippen molar-refractivity contribution in [3.63, 3.8) is 0 Å². The molecule has 1 aromatic rings. The summed E-state index contributed by atoms with van der Waals surface area (Å²) < 4.78 is 0. The summed E-state index contributed by atoms with van der Waals surface area (Å²) in [5.41, 5.74) is 2.74. The maximum atomic E-state index is 7.56. The molecule has 3 N–H and O–H groups in total. The number of hydrogen-bond donors (Lipinski definition) is 3. The highest BCUT2D eigenvalue weighted by molar-refractivity contribution is 8.06. The van der Waals surface area contributed by atoms with Crippen LogP contribution in [0.5, 0.6) is 0 Å². The Morgan fingerprint density at radius 3 is 1.38 bits per heavy atom. The van der Waals surface area contributed by atoms with Gasteiger partial charge in [0.05, 0.1) is 0 Å². The van der Waals surface area contributed by atoms with Crippen molar-refractivity contribution in [1.82, 2.24) is 0 Å². The standard InChI is InChI=1S/C8H10.H3O3PS/c1-7-5-3-4-6-8(7)2;1-4(2,3)5/h3-6H,1-2H3;(H3,1,2,3,5). The highest BCUT2D eigenvalue weighted by atomic mass is 32.5. The minimum Gasteiger partial charge on any atom is -0.325 e. The van der Waals surface area contributed by atoms with Crippen LogP contribution >= 0.6 is 6.72 Å². The SMILES string of the molecule is Cc1ccccc1C.OP(O)(O)=S. The molecule has 0 heterocycles. The van der Waals surface area contributed by atoms with E-state index >= 15 is 0 Å². The van der Waals surface area contributed by atoms with Crippen molar-refractivity contribution in [2.24, 2.45) is 0 Å². The van der Waals surface area contributed by atoms with Crippen molar-refractivity contribution in [2.45, 2.75) is 13.8 Å². The molecule has 0 fully saturated rings. The number of rotatable bonds is 0. The molecule has 0 atom stereocenters. The minimum atomic E-state index is -3.81. The van der Waals surface area contributed by atoms with Crippen LogP contribution < -0.4 is 0 Å². The zero-order valence-corrected chi connectivity index (χ0v) is 9.22. The van der Waals surface area contributed by atoms with Gasteiger partial charge in [-0.1, -0.05) is 24.3 Å². The molecule has 0 saturated heterocycles. The van der Waals surface area contributed by atoms with Gasteiger partial charge in [0.2, 0.25) is 0 Å². The summed E-state index contributed by atoms with van der Waals surface area (Å²) in [6.07, 6.45) is 0. The van der Waals surface area contributed by atoms with Crippen LogP contribution in [0.15, 0.2) is 24.3 Å². The van der Waals surface area contributed by atoms with Crippen LogP contribution in [0.2, 0.25) is 0 Å². The van der Waals surface area contributed by atoms with E-state index in [9.17, 15) is 0 Å². The fourth-order valence-corrected chi connectivity index (χ4v) is 0.663. The molecule has 0 aliphatic carbocycles. The third-order valence-electron chi connectivity index (χ3n) is 1.43. The molecule has 0 saturated carbocycles. The average Bonchev–Trinajstić information content (AvgIpc) is 1.92. The van der Waals surface area contributed by atoms with Crippen LogP contribution in [0.1, 0.15) is 11.1 Å². The van der Waals surface area contributed by atoms with E-state index in [0.717, 1.165) is 0 Å². The normalized spacial score (nSPS) is 10.2. The van der Waals surface area contributed by atoms with Crippen molar-refractivity contribution in [1.29, 1.82) is 0 Å². The molecule has 0 radical (unpaired) electrons. The van der Waals surface area contributed by atoms with Gasteiger partial charge in [0.1, 0.15) is 0 Å². The Morgan fingerprint density at radius 1 is 1.00 bits per heavy atom. The zero-order valence-electron chi connectivity index (χ0n) is 7.51. The van der Waals surface area contributed by atoms with Crippen molar-refractivity contribution in [2.75, 3.05) is 0 Å². The van der Waals surface area contributed by atoms with Crippen LogP contribution in [-0.4, -0.2) is 14.7 Å². The Balaban J connectivity index is 0.000000252. The summed E-state index contributed by atoms with van der Waals surface area (Å²) in [6, 6.07) is 8.36. The van der Waals surface area contributed by atoms with Gasteiger partial charge in [0.15, 0.2) is 0 Å². The Bertz CT molecular complexity index is 279. The van der Waals surface area contributed by atoms with Gasteiger partial charge in [0, 0.05) is 0 Å². The maximum Gasteiger partial charge on any atom is 0.319 e. The molecular formula is C8H13O3PS. The van der Waals surface area contributed by atoms with Gasteiger partial charge in [-0.3, -0.25) is 0 Å². The molecule has 74 valence electrons. The molecule has 0 unspecified atom stereocenters. The summed E-state index contributed by atoms with van der Waals surface area (Å²) in [4.78, 5) is 22.7. The Morgan fingerprint density at radius 2 is 1.23 bits per heavy atom. The fraction of sp³-hybridized carbons (Fsp3) is 0.250. The summed E-state index contributed by atoms with van der Waals surface area (Å²) in [5, 5.41) is 0.